The fraction of sp³-hybridized carbons (Fsp3) is 0.364. The van der Waals surface area contributed by atoms with Crippen LogP contribution in [0.4, 0.5) is 5.69 Å². The van der Waals surface area contributed by atoms with Gasteiger partial charge in [-0.15, -0.1) is 0 Å². The summed E-state index contributed by atoms with van der Waals surface area (Å²) in [5.41, 5.74) is 6.23. The van der Waals surface area contributed by atoms with Crippen LogP contribution in [-0.4, -0.2) is 11.8 Å². The van der Waals surface area contributed by atoms with E-state index < -0.39 is 0 Å². The first-order valence-electron chi connectivity index (χ1n) is 9.10. The predicted molar refractivity (Wildman–Crippen MR) is 102 cm³/mol. The molecule has 1 aliphatic rings. The van der Waals surface area contributed by atoms with Crippen molar-refractivity contribution < 1.29 is 5.21 Å². The minimum absolute atomic E-state index is 0.710. The highest BCUT2D eigenvalue weighted by Crippen LogP contribution is 2.27. The Kier molecular flexibility index (Phi) is 5.71. The van der Waals surface area contributed by atoms with E-state index in [0.717, 1.165) is 31.4 Å². The Morgan fingerprint density at radius 1 is 1.04 bits per heavy atom. The minimum Gasteiger partial charge on any atom is -0.288 e. The van der Waals surface area contributed by atoms with E-state index in [0.29, 0.717) is 6.54 Å². The van der Waals surface area contributed by atoms with Gasteiger partial charge in [-0.3, -0.25) is 10.3 Å². The number of anilines is 1. The molecule has 0 amide bonds. The predicted octanol–water partition coefficient (Wildman–Crippen LogP) is 5.43. The monoisotopic (exact) mass is 321 g/mol. The molecular weight excluding hydrogens is 294 g/mol. The number of hydrogen-bond acceptors (Lipinski definition) is 2. The summed E-state index contributed by atoms with van der Waals surface area (Å²) in [6.45, 7) is 2.90. The molecule has 0 saturated carbocycles. The molecule has 0 spiro atoms. The molecule has 0 aromatic heterocycles. The van der Waals surface area contributed by atoms with E-state index in [1.165, 1.54) is 40.2 Å². The third-order valence-corrected chi connectivity index (χ3v) is 4.81. The number of rotatable bonds is 7. The van der Waals surface area contributed by atoms with Gasteiger partial charge in [0.05, 0.1) is 5.69 Å². The van der Waals surface area contributed by atoms with E-state index in [4.69, 9.17) is 0 Å². The van der Waals surface area contributed by atoms with Gasteiger partial charge in [-0.25, -0.2) is 0 Å². The lowest BCUT2D eigenvalue weighted by atomic mass is 10.0. The van der Waals surface area contributed by atoms with Gasteiger partial charge in [0.1, 0.15) is 0 Å². The Morgan fingerprint density at radius 2 is 1.83 bits per heavy atom. The summed E-state index contributed by atoms with van der Waals surface area (Å²) in [6.07, 6.45) is 11.2. The molecule has 0 bridgehead atoms. The Balaban J connectivity index is 1.41. The van der Waals surface area contributed by atoms with Gasteiger partial charge < -0.3 is 0 Å². The second-order valence-corrected chi connectivity index (χ2v) is 6.58. The topological polar surface area (TPSA) is 23.5 Å². The third kappa shape index (κ3) is 4.27. The van der Waals surface area contributed by atoms with Gasteiger partial charge in [0.2, 0.25) is 0 Å². The lowest BCUT2D eigenvalue weighted by Gasteiger charge is -2.09. The van der Waals surface area contributed by atoms with Crippen molar-refractivity contribution in [3.8, 4) is 0 Å². The molecule has 126 valence electrons. The summed E-state index contributed by atoms with van der Waals surface area (Å²) < 4.78 is 0. The van der Waals surface area contributed by atoms with E-state index in [2.05, 4.69) is 61.5 Å². The molecule has 0 saturated heterocycles. The Bertz CT molecular complexity index is 688. The maximum Gasteiger partial charge on any atom is 0.0672 e. The summed E-state index contributed by atoms with van der Waals surface area (Å²) in [5.74, 6) is 0. The van der Waals surface area contributed by atoms with E-state index in [9.17, 15) is 5.21 Å². The number of unbranched alkanes of at least 4 members (excludes halogenated alkanes) is 2. The van der Waals surface area contributed by atoms with E-state index >= 15 is 0 Å². The van der Waals surface area contributed by atoms with Crippen molar-refractivity contribution >= 4 is 11.8 Å². The van der Waals surface area contributed by atoms with Crippen LogP contribution in [-0.2, 0) is 19.3 Å². The number of fused-ring (bicyclic) bond motifs is 1. The van der Waals surface area contributed by atoms with Gasteiger partial charge in [0.15, 0.2) is 0 Å². The molecule has 2 aromatic rings. The van der Waals surface area contributed by atoms with Crippen molar-refractivity contribution in [1.82, 2.24) is 0 Å². The van der Waals surface area contributed by atoms with Crippen molar-refractivity contribution in [2.24, 2.45) is 0 Å². The summed E-state index contributed by atoms with van der Waals surface area (Å²) in [4.78, 5) is 0. The zero-order chi connectivity index (χ0) is 16.8. The first kappa shape index (κ1) is 16.8. The molecule has 1 aliphatic heterocycles. The number of hydrogen-bond donors (Lipinski definition) is 1. The zero-order valence-corrected chi connectivity index (χ0v) is 14.5. The van der Waals surface area contributed by atoms with Gasteiger partial charge in [0.25, 0.3) is 0 Å². The highest BCUT2D eigenvalue weighted by atomic mass is 16.5. The number of hydroxylamine groups is 1. The van der Waals surface area contributed by atoms with E-state index in [1.807, 2.05) is 0 Å². The van der Waals surface area contributed by atoms with Gasteiger partial charge >= 0.3 is 0 Å². The third-order valence-electron chi connectivity index (χ3n) is 4.81. The molecule has 1 heterocycles. The normalized spacial score (nSPS) is 13.7. The van der Waals surface area contributed by atoms with Gasteiger partial charge in [-0.05, 0) is 66.8 Å². The van der Waals surface area contributed by atoms with Crippen molar-refractivity contribution in [1.29, 1.82) is 0 Å². The van der Waals surface area contributed by atoms with Crippen molar-refractivity contribution in [2.45, 2.75) is 45.4 Å². The molecule has 2 aromatic carbocycles. The molecule has 2 heteroatoms. The van der Waals surface area contributed by atoms with Crippen molar-refractivity contribution in [3.05, 3.63) is 70.8 Å². The average molecular weight is 321 g/mol. The highest BCUT2D eigenvalue weighted by molar-refractivity contribution is 5.63. The van der Waals surface area contributed by atoms with Gasteiger partial charge in [-0.1, -0.05) is 55.5 Å². The lowest BCUT2D eigenvalue weighted by molar-refractivity contribution is 0.264. The number of nitrogens with zero attached hydrogens (tertiary/aromatic N) is 1. The van der Waals surface area contributed by atoms with Crippen LogP contribution in [0.1, 0.15) is 48.4 Å². The van der Waals surface area contributed by atoms with Crippen LogP contribution in [0.3, 0.4) is 0 Å². The first-order valence-corrected chi connectivity index (χ1v) is 9.10. The molecule has 0 aliphatic carbocycles. The second-order valence-electron chi connectivity index (χ2n) is 6.58. The SMILES string of the molecule is CCc1ccc(CCCC/C=C/c2ccc3c(c2)N(O)CC3)cc1. The number of allylic oxidation sites excluding steroid dienone is 1. The van der Waals surface area contributed by atoms with Crippen LogP contribution in [0.5, 0.6) is 0 Å². The molecule has 0 atom stereocenters. The Hall–Kier alpha value is -2.06. The summed E-state index contributed by atoms with van der Waals surface area (Å²) in [7, 11) is 0. The van der Waals surface area contributed by atoms with Gasteiger partial charge in [0, 0.05) is 6.54 Å². The molecule has 0 radical (unpaired) electrons. The summed E-state index contributed by atoms with van der Waals surface area (Å²) >= 11 is 0. The maximum absolute atomic E-state index is 9.80. The van der Waals surface area contributed by atoms with Crippen molar-refractivity contribution in [2.75, 3.05) is 11.6 Å². The molecule has 2 nitrogen and oxygen atoms in total. The van der Waals surface area contributed by atoms with Crippen molar-refractivity contribution in [3.63, 3.8) is 0 Å². The largest absolute Gasteiger partial charge is 0.288 e. The quantitative estimate of drug-likeness (QED) is 0.688. The number of aryl methyl sites for hydroxylation is 2. The fourth-order valence-corrected chi connectivity index (χ4v) is 3.24. The molecule has 0 unspecified atom stereocenters. The highest BCUT2D eigenvalue weighted by Gasteiger charge is 2.16. The molecular formula is C22H27NO. The molecule has 24 heavy (non-hydrogen) atoms. The molecule has 0 fully saturated rings. The minimum atomic E-state index is 0.710. The second kappa shape index (κ2) is 8.16. The summed E-state index contributed by atoms with van der Waals surface area (Å²) in [6, 6.07) is 15.4. The fourth-order valence-electron chi connectivity index (χ4n) is 3.24. The Labute approximate surface area is 145 Å². The van der Waals surface area contributed by atoms with Gasteiger partial charge in [-0.2, -0.15) is 0 Å². The van der Waals surface area contributed by atoms with Crippen LogP contribution in [0.2, 0.25) is 0 Å². The first-order chi connectivity index (χ1) is 11.8. The van der Waals surface area contributed by atoms with Crippen LogP contribution < -0.4 is 5.06 Å². The molecule has 3 rings (SSSR count). The van der Waals surface area contributed by atoms with Crippen LogP contribution in [0.15, 0.2) is 48.5 Å². The maximum atomic E-state index is 9.80. The number of benzene rings is 2. The standard InChI is InChI=1S/C22H27NO/c1-2-18-9-11-19(12-10-18)7-5-3-4-6-8-20-13-14-21-15-16-23(24)22(21)17-20/h6,8-14,17,24H,2-5,7,15-16H2,1H3/b8-6+. The van der Waals surface area contributed by atoms with E-state index in [1.54, 1.807) is 0 Å². The Morgan fingerprint density at radius 3 is 2.62 bits per heavy atom. The van der Waals surface area contributed by atoms with Crippen LogP contribution in [0.25, 0.3) is 6.08 Å². The van der Waals surface area contributed by atoms with E-state index in [-0.39, 0.29) is 0 Å². The smallest absolute Gasteiger partial charge is 0.0672 e. The van der Waals surface area contributed by atoms with Crippen LogP contribution >= 0.6 is 0 Å². The lowest BCUT2D eigenvalue weighted by Crippen LogP contribution is -2.13. The summed E-state index contributed by atoms with van der Waals surface area (Å²) in [5, 5.41) is 11.2. The average Bonchev–Trinajstić information content (AvgIpc) is 2.99. The zero-order valence-electron chi connectivity index (χ0n) is 14.5. The molecule has 1 N–H and O–H groups in total. The van der Waals surface area contributed by atoms with Crippen LogP contribution in [0, 0.1) is 0 Å².